The lowest BCUT2D eigenvalue weighted by molar-refractivity contribution is 0.0593. The van der Waals surface area contributed by atoms with Gasteiger partial charge in [0.2, 0.25) is 0 Å². The Kier molecular flexibility index (Phi) is 5.04. The summed E-state index contributed by atoms with van der Waals surface area (Å²) in [5.74, 6) is 0.00705. The Morgan fingerprint density at radius 1 is 1.38 bits per heavy atom. The lowest BCUT2D eigenvalue weighted by atomic mass is 10.1. The molecule has 0 radical (unpaired) electrons. The number of fused-ring (bicyclic) bond motifs is 1. The third-order valence-corrected chi connectivity index (χ3v) is 3.67. The molecule has 21 heavy (non-hydrogen) atoms. The number of methoxy groups -OCH3 is 1. The average molecular weight is 308 g/mol. The molecule has 2 N–H and O–H groups in total. The molecule has 0 spiro atoms. The summed E-state index contributed by atoms with van der Waals surface area (Å²) in [6, 6.07) is 9.04. The lowest BCUT2D eigenvalue weighted by Gasteiger charge is -2.18. The minimum Gasteiger partial charge on any atom is -0.488 e. The number of hydrogen-bond acceptors (Lipinski definition) is 4. The summed E-state index contributed by atoms with van der Waals surface area (Å²) >= 11 is 6.18. The highest BCUT2D eigenvalue weighted by Crippen LogP contribution is 2.31. The van der Waals surface area contributed by atoms with Crippen LogP contribution in [0.3, 0.4) is 0 Å². The van der Waals surface area contributed by atoms with Gasteiger partial charge in [0.15, 0.2) is 0 Å². The number of esters is 1. The van der Waals surface area contributed by atoms with Crippen molar-refractivity contribution in [2.75, 3.05) is 13.7 Å². The second-order valence-corrected chi connectivity index (χ2v) is 5.09. The fourth-order valence-electron chi connectivity index (χ4n) is 2.11. The molecule has 112 valence electrons. The van der Waals surface area contributed by atoms with Gasteiger partial charge in [-0.3, -0.25) is 0 Å². The van der Waals surface area contributed by atoms with Crippen molar-refractivity contribution in [2.45, 2.75) is 19.4 Å². The zero-order chi connectivity index (χ0) is 15.4. The van der Waals surface area contributed by atoms with Crippen molar-refractivity contribution < 1.29 is 14.3 Å². The summed E-state index contributed by atoms with van der Waals surface area (Å²) < 4.78 is 10.7. The molecule has 5 heteroatoms. The van der Waals surface area contributed by atoms with Crippen LogP contribution in [0.15, 0.2) is 30.3 Å². The van der Waals surface area contributed by atoms with Crippen LogP contribution in [-0.2, 0) is 4.74 Å². The first-order valence-corrected chi connectivity index (χ1v) is 7.15. The summed E-state index contributed by atoms with van der Waals surface area (Å²) in [5.41, 5.74) is 6.02. The van der Waals surface area contributed by atoms with Gasteiger partial charge in [0.25, 0.3) is 0 Å². The summed E-state index contributed by atoms with van der Waals surface area (Å²) in [4.78, 5) is 12.0. The molecule has 0 saturated carbocycles. The number of nitrogens with two attached hydrogens (primary N) is 1. The fraction of sp³-hybridized carbons (Fsp3) is 0.312. The van der Waals surface area contributed by atoms with Crippen molar-refractivity contribution in [3.8, 4) is 5.75 Å². The Hall–Kier alpha value is -1.78. The molecule has 0 heterocycles. The second kappa shape index (κ2) is 6.78. The van der Waals surface area contributed by atoms with Crippen LogP contribution in [-0.4, -0.2) is 25.7 Å². The Balaban J connectivity index is 2.58. The van der Waals surface area contributed by atoms with Crippen molar-refractivity contribution in [3.05, 3.63) is 40.9 Å². The third-order valence-electron chi connectivity index (χ3n) is 3.34. The number of halogens is 1. The first-order valence-electron chi connectivity index (χ1n) is 6.78. The molecule has 0 aliphatic rings. The molecule has 0 aromatic heterocycles. The van der Waals surface area contributed by atoms with Crippen molar-refractivity contribution >= 4 is 28.3 Å². The smallest absolute Gasteiger partial charge is 0.341 e. The molecule has 2 rings (SSSR count). The van der Waals surface area contributed by atoms with Crippen molar-refractivity contribution in [1.29, 1.82) is 0 Å². The maximum atomic E-state index is 12.0. The van der Waals surface area contributed by atoms with Gasteiger partial charge in [-0.25, -0.2) is 4.79 Å². The van der Waals surface area contributed by atoms with Crippen LogP contribution in [0.5, 0.6) is 5.75 Å². The molecule has 0 fully saturated rings. The number of hydrogen-bond donors (Lipinski definition) is 1. The van der Waals surface area contributed by atoms with E-state index in [0.29, 0.717) is 22.9 Å². The van der Waals surface area contributed by atoms with Crippen LogP contribution in [0.1, 0.15) is 23.7 Å². The number of benzene rings is 2. The first-order chi connectivity index (χ1) is 10.1. The minimum atomic E-state index is -0.460. The molecule has 0 aliphatic carbocycles. The molecule has 1 unspecified atom stereocenters. The fourth-order valence-corrected chi connectivity index (χ4v) is 2.35. The van der Waals surface area contributed by atoms with Gasteiger partial charge in [0.05, 0.1) is 7.11 Å². The summed E-state index contributed by atoms with van der Waals surface area (Å²) in [5, 5.41) is 2.26. The summed E-state index contributed by atoms with van der Waals surface area (Å²) in [7, 11) is 1.34. The minimum absolute atomic E-state index is 0.148. The lowest BCUT2D eigenvalue weighted by Crippen LogP contribution is -2.26. The van der Waals surface area contributed by atoms with E-state index in [1.807, 2.05) is 19.1 Å². The van der Waals surface area contributed by atoms with Gasteiger partial charge in [-0.2, -0.15) is 0 Å². The second-order valence-electron chi connectivity index (χ2n) is 4.68. The molecule has 1 atom stereocenters. The molecule has 0 saturated heterocycles. The molecule has 4 nitrogen and oxygen atoms in total. The van der Waals surface area contributed by atoms with Crippen LogP contribution in [0.25, 0.3) is 10.8 Å². The topological polar surface area (TPSA) is 61.5 Å². The van der Waals surface area contributed by atoms with Gasteiger partial charge in [-0.1, -0.05) is 30.7 Å². The van der Waals surface area contributed by atoms with E-state index < -0.39 is 5.97 Å². The van der Waals surface area contributed by atoms with E-state index >= 15 is 0 Å². The Labute approximate surface area is 128 Å². The van der Waals surface area contributed by atoms with E-state index in [-0.39, 0.29) is 6.10 Å². The standard InChI is InChI=1S/C16H18ClNO3/c1-3-11(9-18)21-15-7-10-5-4-6-14(17)12(10)8-13(15)16(19)20-2/h4-8,11H,3,9,18H2,1-2H3. The van der Waals surface area contributed by atoms with E-state index in [9.17, 15) is 4.79 Å². The SMILES string of the molecule is CCC(CN)Oc1cc2cccc(Cl)c2cc1C(=O)OC. The Bertz CT molecular complexity index is 653. The van der Waals surface area contributed by atoms with E-state index in [1.54, 1.807) is 18.2 Å². The predicted octanol–water partition coefficient (Wildman–Crippen LogP) is 3.40. The molecule has 2 aromatic rings. The number of rotatable bonds is 5. The summed E-state index contributed by atoms with van der Waals surface area (Å²) in [6.45, 7) is 2.36. The number of carbonyl (C=O) groups is 1. The van der Waals surface area contributed by atoms with E-state index in [0.717, 1.165) is 17.2 Å². The zero-order valence-corrected chi connectivity index (χ0v) is 12.8. The van der Waals surface area contributed by atoms with Crippen LogP contribution in [0.4, 0.5) is 0 Å². The van der Waals surface area contributed by atoms with E-state index in [4.69, 9.17) is 26.8 Å². The maximum absolute atomic E-state index is 12.0. The largest absolute Gasteiger partial charge is 0.488 e. The van der Waals surface area contributed by atoms with Gasteiger partial charge < -0.3 is 15.2 Å². The zero-order valence-electron chi connectivity index (χ0n) is 12.1. The van der Waals surface area contributed by atoms with Gasteiger partial charge in [0.1, 0.15) is 17.4 Å². The molecule has 0 amide bonds. The van der Waals surface area contributed by atoms with Gasteiger partial charge in [-0.15, -0.1) is 0 Å². The molecule has 0 bridgehead atoms. The molecule has 0 aliphatic heterocycles. The average Bonchev–Trinajstić information content (AvgIpc) is 2.51. The van der Waals surface area contributed by atoms with Crippen LogP contribution in [0, 0.1) is 0 Å². The maximum Gasteiger partial charge on any atom is 0.341 e. The van der Waals surface area contributed by atoms with Crippen molar-refractivity contribution in [3.63, 3.8) is 0 Å². The normalized spacial score (nSPS) is 12.2. The van der Waals surface area contributed by atoms with Crippen LogP contribution < -0.4 is 10.5 Å². The highest BCUT2D eigenvalue weighted by molar-refractivity contribution is 6.35. The molecular formula is C16H18ClNO3. The van der Waals surface area contributed by atoms with E-state index in [2.05, 4.69) is 0 Å². The summed E-state index contributed by atoms with van der Waals surface area (Å²) in [6.07, 6.45) is 0.607. The Morgan fingerprint density at radius 3 is 2.76 bits per heavy atom. The monoisotopic (exact) mass is 307 g/mol. The molecular weight excluding hydrogens is 290 g/mol. The highest BCUT2D eigenvalue weighted by Gasteiger charge is 2.18. The van der Waals surface area contributed by atoms with E-state index in [1.165, 1.54) is 7.11 Å². The third kappa shape index (κ3) is 3.28. The first kappa shape index (κ1) is 15.6. The van der Waals surface area contributed by atoms with Crippen LogP contribution >= 0.6 is 11.6 Å². The van der Waals surface area contributed by atoms with Crippen LogP contribution in [0.2, 0.25) is 5.02 Å². The van der Waals surface area contributed by atoms with Gasteiger partial charge in [0, 0.05) is 17.0 Å². The van der Waals surface area contributed by atoms with Gasteiger partial charge >= 0.3 is 5.97 Å². The quantitative estimate of drug-likeness (QED) is 0.860. The highest BCUT2D eigenvalue weighted by atomic mass is 35.5. The number of ether oxygens (including phenoxy) is 2. The van der Waals surface area contributed by atoms with Gasteiger partial charge in [-0.05, 0) is 30.0 Å². The Morgan fingerprint density at radius 2 is 2.14 bits per heavy atom. The predicted molar refractivity (Wildman–Crippen MR) is 84.1 cm³/mol. The number of carbonyl (C=O) groups excluding carboxylic acids is 1. The van der Waals surface area contributed by atoms with Crippen molar-refractivity contribution in [1.82, 2.24) is 0 Å². The molecule has 2 aromatic carbocycles. The van der Waals surface area contributed by atoms with Crippen molar-refractivity contribution in [2.24, 2.45) is 5.73 Å².